The summed E-state index contributed by atoms with van der Waals surface area (Å²) < 4.78 is 1.44. The molecule has 140 valence electrons. The van der Waals surface area contributed by atoms with Gasteiger partial charge < -0.3 is 5.32 Å². The summed E-state index contributed by atoms with van der Waals surface area (Å²) in [7, 11) is 0. The summed E-state index contributed by atoms with van der Waals surface area (Å²) in [5, 5.41) is 8.45. The Hall–Kier alpha value is -2.95. The Morgan fingerprint density at radius 3 is 2.41 bits per heavy atom. The minimum Gasteiger partial charge on any atom is -0.347 e. The molecule has 0 fully saturated rings. The van der Waals surface area contributed by atoms with Crippen LogP contribution in [0.4, 0.5) is 0 Å². The van der Waals surface area contributed by atoms with Gasteiger partial charge in [0.25, 0.3) is 11.5 Å². The van der Waals surface area contributed by atoms with Gasteiger partial charge in [-0.05, 0) is 18.1 Å². The second-order valence-electron chi connectivity index (χ2n) is 6.65. The maximum Gasteiger partial charge on any atom is 0.274 e. The molecule has 1 aromatic heterocycles. The van der Waals surface area contributed by atoms with Crippen molar-refractivity contribution in [3.8, 4) is 0 Å². The van der Waals surface area contributed by atoms with Crippen molar-refractivity contribution in [2.75, 3.05) is 0 Å². The van der Waals surface area contributed by atoms with Gasteiger partial charge in [0.15, 0.2) is 5.69 Å². The van der Waals surface area contributed by atoms with E-state index >= 15 is 0 Å². The largest absolute Gasteiger partial charge is 0.347 e. The first kappa shape index (κ1) is 18.8. The van der Waals surface area contributed by atoms with Crippen LogP contribution in [0.5, 0.6) is 0 Å². The fraction of sp³-hybridized carbons (Fsp3) is 0.318. The van der Waals surface area contributed by atoms with Gasteiger partial charge in [-0.25, -0.2) is 4.68 Å². The summed E-state index contributed by atoms with van der Waals surface area (Å²) >= 11 is 0. The predicted molar refractivity (Wildman–Crippen MR) is 108 cm³/mol. The molecule has 1 heterocycles. The van der Waals surface area contributed by atoms with Crippen molar-refractivity contribution in [2.45, 2.75) is 45.7 Å². The molecule has 0 unspecified atom stereocenters. The van der Waals surface area contributed by atoms with Crippen molar-refractivity contribution in [1.82, 2.24) is 15.1 Å². The summed E-state index contributed by atoms with van der Waals surface area (Å²) in [5.74, 6) is -0.266. The van der Waals surface area contributed by atoms with E-state index in [1.54, 1.807) is 12.1 Å². The Bertz CT molecular complexity index is 964. The first-order chi connectivity index (χ1) is 13.2. The normalized spacial score (nSPS) is 10.9. The number of carbonyl (C=O) groups excluding carboxylic acids is 1. The summed E-state index contributed by atoms with van der Waals surface area (Å²) in [5.41, 5.74) is 1.18. The van der Waals surface area contributed by atoms with Crippen LogP contribution in [0, 0.1) is 0 Å². The lowest BCUT2D eigenvalue weighted by atomic mass is 10.1. The standard InChI is InChI=1S/C22H25N3O2/c1-2-3-4-10-15-25-22(27)19-14-9-8-13-18(19)20(24-25)21(26)23-16-17-11-6-5-7-12-17/h5-9,11-14H,2-4,10,15-16H2,1H3,(H,23,26). The molecule has 3 aromatic rings. The molecule has 0 aliphatic carbocycles. The van der Waals surface area contributed by atoms with E-state index in [2.05, 4.69) is 17.3 Å². The number of fused-ring (bicyclic) bond motifs is 1. The lowest BCUT2D eigenvalue weighted by Crippen LogP contribution is -2.30. The van der Waals surface area contributed by atoms with Crippen LogP contribution in [-0.4, -0.2) is 15.7 Å². The quantitative estimate of drug-likeness (QED) is 0.617. The SMILES string of the molecule is CCCCCCn1nc(C(=O)NCc2ccccc2)c2ccccc2c1=O. The third kappa shape index (κ3) is 4.61. The van der Waals surface area contributed by atoms with Crippen LogP contribution in [0.2, 0.25) is 0 Å². The molecule has 0 bridgehead atoms. The number of hydrogen-bond acceptors (Lipinski definition) is 3. The molecule has 0 saturated carbocycles. The van der Waals surface area contributed by atoms with E-state index in [-0.39, 0.29) is 11.5 Å². The van der Waals surface area contributed by atoms with Gasteiger partial charge in [0.1, 0.15) is 0 Å². The summed E-state index contributed by atoms with van der Waals surface area (Å²) in [6.07, 6.45) is 4.19. The smallest absolute Gasteiger partial charge is 0.274 e. The molecule has 1 amide bonds. The predicted octanol–water partition coefficient (Wildman–Crippen LogP) is 3.91. The van der Waals surface area contributed by atoms with Crippen LogP contribution < -0.4 is 10.9 Å². The van der Waals surface area contributed by atoms with E-state index in [0.29, 0.717) is 29.6 Å². The van der Waals surface area contributed by atoms with Gasteiger partial charge in [0.2, 0.25) is 0 Å². The highest BCUT2D eigenvalue weighted by atomic mass is 16.2. The number of carbonyl (C=O) groups is 1. The van der Waals surface area contributed by atoms with Gasteiger partial charge in [0, 0.05) is 18.5 Å². The lowest BCUT2D eigenvalue weighted by molar-refractivity contribution is 0.0945. The van der Waals surface area contributed by atoms with E-state index in [0.717, 1.165) is 31.2 Å². The molecular weight excluding hydrogens is 338 g/mol. The first-order valence-electron chi connectivity index (χ1n) is 9.52. The van der Waals surface area contributed by atoms with Crippen LogP contribution in [-0.2, 0) is 13.1 Å². The number of nitrogens with one attached hydrogen (secondary N) is 1. The van der Waals surface area contributed by atoms with Gasteiger partial charge in [-0.3, -0.25) is 9.59 Å². The third-order valence-corrected chi connectivity index (χ3v) is 4.60. The van der Waals surface area contributed by atoms with Crippen molar-refractivity contribution in [2.24, 2.45) is 0 Å². The first-order valence-corrected chi connectivity index (χ1v) is 9.52. The molecule has 0 atom stereocenters. The maximum absolute atomic E-state index is 12.8. The Labute approximate surface area is 159 Å². The average molecular weight is 363 g/mol. The lowest BCUT2D eigenvalue weighted by Gasteiger charge is -2.11. The van der Waals surface area contributed by atoms with Crippen molar-refractivity contribution in [3.63, 3.8) is 0 Å². The molecule has 1 N–H and O–H groups in total. The topological polar surface area (TPSA) is 64.0 Å². The van der Waals surface area contributed by atoms with Gasteiger partial charge in [-0.2, -0.15) is 5.10 Å². The zero-order valence-corrected chi connectivity index (χ0v) is 15.6. The van der Waals surface area contributed by atoms with Crippen LogP contribution in [0.1, 0.15) is 48.7 Å². The van der Waals surface area contributed by atoms with Crippen molar-refractivity contribution in [3.05, 3.63) is 76.2 Å². The fourth-order valence-corrected chi connectivity index (χ4v) is 3.10. The van der Waals surface area contributed by atoms with Crippen LogP contribution in [0.3, 0.4) is 0 Å². The van der Waals surface area contributed by atoms with E-state index in [4.69, 9.17) is 0 Å². The summed E-state index contributed by atoms with van der Waals surface area (Å²) in [6.45, 7) is 3.10. The summed E-state index contributed by atoms with van der Waals surface area (Å²) in [6, 6.07) is 16.9. The molecule has 0 saturated heterocycles. The number of rotatable bonds is 8. The fourth-order valence-electron chi connectivity index (χ4n) is 3.10. The molecule has 5 heteroatoms. The monoisotopic (exact) mass is 363 g/mol. The van der Waals surface area contributed by atoms with E-state index in [1.165, 1.54) is 4.68 Å². The third-order valence-electron chi connectivity index (χ3n) is 4.60. The molecule has 0 radical (unpaired) electrons. The number of amides is 1. The highest BCUT2D eigenvalue weighted by Crippen LogP contribution is 2.14. The molecular formula is C22H25N3O2. The van der Waals surface area contributed by atoms with E-state index < -0.39 is 0 Å². The second-order valence-corrected chi connectivity index (χ2v) is 6.65. The van der Waals surface area contributed by atoms with Gasteiger partial charge >= 0.3 is 0 Å². The minimum absolute atomic E-state index is 0.137. The number of aryl methyl sites for hydroxylation is 1. The molecule has 0 aliphatic heterocycles. The molecule has 5 nitrogen and oxygen atoms in total. The molecule has 2 aromatic carbocycles. The zero-order valence-electron chi connectivity index (χ0n) is 15.6. The molecule has 27 heavy (non-hydrogen) atoms. The van der Waals surface area contributed by atoms with Crippen molar-refractivity contribution in [1.29, 1.82) is 0 Å². The van der Waals surface area contributed by atoms with Crippen molar-refractivity contribution >= 4 is 16.7 Å². The van der Waals surface area contributed by atoms with Gasteiger partial charge in [-0.15, -0.1) is 0 Å². The maximum atomic E-state index is 12.8. The number of hydrogen-bond donors (Lipinski definition) is 1. The highest BCUT2D eigenvalue weighted by Gasteiger charge is 2.16. The van der Waals surface area contributed by atoms with Gasteiger partial charge in [-0.1, -0.05) is 74.7 Å². The zero-order chi connectivity index (χ0) is 19.1. The van der Waals surface area contributed by atoms with Crippen LogP contribution >= 0.6 is 0 Å². The van der Waals surface area contributed by atoms with E-state index in [9.17, 15) is 9.59 Å². The minimum atomic E-state index is -0.266. The second kappa shape index (κ2) is 9.12. The number of aromatic nitrogens is 2. The Balaban J connectivity index is 1.87. The van der Waals surface area contributed by atoms with Crippen molar-refractivity contribution < 1.29 is 4.79 Å². The number of unbranched alkanes of at least 4 members (excludes halogenated alkanes) is 3. The number of nitrogens with zero attached hydrogens (tertiary/aromatic N) is 2. The Morgan fingerprint density at radius 1 is 0.963 bits per heavy atom. The van der Waals surface area contributed by atoms with E-state index in [1.807, 2.05) is 42.5 Å². The van der Waals surface area contributed by atoms with Crippen LogP contribution in [0.15, 0.2) is 59.4 Å². The average Bonchev–Trinajstić information content (AvgIpc) is 2.72. The van der Waals surface area contributed by atoms with Crippen LogP contribution in [0.25, 0.3) is 10.8 Å². The molecule has 3 rings (SSSR count). The highest BCUT2D eigenvalue weighted by molar-refractivity contribution is 6.04. The van der Waals surface area contributed by atoms with Gasteiger partial charge in [0.05, 0.1) is 5.39 Å². The molecule has 0 aliphatic rings. The Morgan fingerprint density at radius 2 is 1.67 bits per heavy atom. The molecule has 0 spiro atoms. The Kier molecular flexibility index (Phi) is 6.36. The summed E-state index contributed by atoms with van der Waals surface area (Å²) in [4.78, 5) is 25.5. The number of benzene rings is 2.